The Morgan fingerprint density at radius 3 is 2.40 bits per heavy atom. The molecule has 0 N–H and O–H groups in total. The third kappa shape index (κ3) is 2.84. The average Bonchev–Trinajstić information content (AvgIpc) is 3.04. The maximum atomic E-state index is 11.3. The van der Waals surface area contributed by atoms with Gasteiger partial charge in [-0.05, 0) is 12.8 Å². The molecule has 0 heterocycles. The van der Waals surface area contributed by atoms with Gasteiger partial charge in [0.1, 0.15) is 13.2 Å². The molecule has 0 spiro atoms. The van der Waals surface area contributed by atoms with Gasteiger partial charge in [0.25, 0.3) is 0 Å². The Labute approximate surface area is 86.7 Å². The van der Waals surface area contributed by atoms with Crippen molar-refractivity contribution in [3.8, 4) is 6.07 Å². The van der Waals surface area contributed by atoms with Crippen molar-refractivity contribution in [2.24, 2.45) is 5.41 Å². The Kier molecular flexibility index (Phi) is 3.50. The van der Waals surface area contributed by atoms with Crippen LogP contribution in [0.3, 0.4) is 0 Å². The van der Waals surface area contributed by atoms with Crippen LogP contribution in [0.25, 0.3) is 0 Å². The molecule has 0 saturated heterocycles. The van der Waals surface area contributed by atoms with Crippen molar-refractivity contribution in [3.05, 3.63) is 0 Å². The summed E-state index contributed by atoms with van der Waals surface area (Å²) >= 11 is 0. The van der Waals surface area contributed by atoms with E-state index in [9.17, 15) is 9.59 Å². The zero-order valence-corrected chi connectivity index (χ0v) is 8.32. The number of methoxy groups -OCH3 is 1. The molecular weight excluding hydrogens is 202 g/mol. The minimum atomic E-state index is -0.939. The Hall–Kier alpha value is -1.77. The normalized spacial score (nSPS) is 16.0. The van der Waals surface area contributed by atoms with E-state index >= 15 is 0 Å². The van der Waals surface area contributed by atoms with Crippen LogP contribution in [0.5, 0.6) is 0 Å². The topological polar surface area (TPSA) is 85.6 Å². The highest BCUT2D eigenvalue weighted by atomic mass is 16.7. The second-order valence-corrected chi connectivity index (χ2v) is 3.13. The molecular formula is C9H11NO5. The summed E-state index contributed by atoms with van der Waals surface area (Å²) in [6, 6.07) is 1.91. The summed E-state index contributed by atoms with van der Waals surface area (Å²) in [7, 11) is 1.18. The van der Waals surface area contributed by atoms with Crippen LogP contribution in [0, 0.1) is 16.7 Å². The Balaban J connectivity index is 2.14. The van der Waals surface area contributed by atoms with Gasteiger partial charge in [-0.15, -0.1) is 0 Å². The quantitative estimate of drug-likeness (QED) is 0.502. The molecule has 0 bridgehead atoms. The molecule has 0 radical (unpaired) electrons. The molecule has 0 atom stereocenters. The predicted molar refractivity (Wildman–Crippen MR) is 46.6 cm³/mol. The van der Waals surface area contributed by atoms with E-state index in [1.807, 2.05) is 6.07 Å². The molecule has 1 rings (SSSR count). The lowest BCUT2D eigenvalue weighted by atomic mass is 10.1. The molecule has 1 aliphatic carbocycles. The van der Waals surface area contributed by atoms with E-state index in [0.29, 0.717) is 12.8 Å². The lowest BCUT2D eigenvalue weighted by Gasteiger charge is -2.07. The SMILES string of the molecule is COC(=O)OCCOC(=O)C1(C#N)CC1. The molecule has 6 nitrogen and oxygen atoms in total. The lowest BCUT2D eigenvalue weighted by Crippen LogP contribution is -2.20. The first-order valence-electron chi connectivity index (χ1n) is 4.44. The van der Waals surface area contributed by atoms with Crippen LogP contribution < -0.4 is 0 Å². The summed E-state index contributed by atoms with van der Waals surface area (Å²) in [6.07, 6.45) is 0.257. The second kappa shape index (κ2) is 4.64. The molecule has 0 aromatic carbocycles. The molecule has 0 aliphatic heterocycles. The molecule has 1 saturated carbocycles. The van der Waals surface area contributed by atoms with Gasteiger partial charge in [-0.2, -0.15) is 5.26 Å². The largest absolute Gasteiger partial charge is 0.508 e. The van der Waals surface area contributed by atoms with Gasteiger partial charge in [0, 0.05) is 0 Å². The summed E-state index contributed by atoms with van der Waals surface area (Å²) in [5, 5.41) is 8.65. The smallest absolute Gasteiger partial charge is 0.461 e. The van der Waals surface area contributed by atoms with Gasteiger partial charge in [-0.25, -0.2) is 4.79 Å². The van der Waals surface area contributed by atoms with Crippen molar-refractivity contribution >= 4 is 12.1 Å². The molecule has 0 aromatic rings. The maximum Gasteiger partial charge on any atom is 0.508 e. The van der Waals surface area contributed by atoms with Crippen molar-refractivity contribution in [2.75, 3.05) is 20.3 Å². The monoisotopic (exact) mass is 213 g/mol. The maximum absolute atomic E-state index is 11.3. The van der Waals surface area contributed by atoms with Gasteiger partial charge in [-0.1, -0.05) is 0 Å². The highest BCUT2D eigenvalue weighted by Crippen LogP contribution is 2.45. The van der Waals surface area contributed by atoms with Crippen LogP contribution in [0.15, 0.2) is 0 Å². The number of carbonyl (C=O) groups excluding carboxylic acids is 2. The van der Waals surface area contributed by atoms with E-state index < -0.39 is 17.5 Å². The van der Waals surface area contributed by atoms with Crippen molar-refractivity contribution in [1.29, 1.82) is 5.26 Å². The molecule has 6 heteroatoms. The first-order valence-corrected chi connectivity index (χ1v) is 4.44. The Bertz CT molecular complexity index is 302. The fraction of sp³-hybridized carbons (Fsp3) is 0.667. The third-order valence-corrected chi connectivity index (χ3v) is 2.06. The van der Waals surface area contributed by atoms with E-state index in [1.54, 1.807) is 0 Å². The average molecular weight is 213 g/mol. The van der Waals surface area contributed by atoms with Crippen LogP contribution in [0.2, 0.25) is 0 Å². The van der Waals surface area contributed by atoms with Gasteiger partial charge in [0.2, 0.25) is 0 Å². The number of nitrogens with zero attached hydrogens (tertiary/aromatic N) is 1. The van der Waals surface area contributed by atoms with E-state index in [1.165, 1.54) is 7.11 Å². The summed E-state index contributed by atoms with van der Waals surface area (Å²) in [6.45, 7) is -0.128. The zero-order chi connectivity index (χ0) is 11.3. The first kappa shape index (κ1) is 11.3. The molecule has 1 fully saturated rings. The molecule has 0 aromatic heterocycles. The molecule has 1 aliphatic rings. The van der Waals surface area contributed by atoms with Crippen molar-refractivity contribution in [1.82, 2.24) is 0 Å². The van der Waals surface area contributed by atoms with E-state index in [4.69, 9.17) is 10.00 Å². The number of hydrogen-bond donors (Lipinski definition) is 0. The van der Waals surface area contributed by atoms with Crippen LogP contribution >= 0.6 is 0 Å². The van der Waals surface area contributed by atoms with E-state index in [2.05, 4.69) is 9.47 Å². The fourth-order valence-electron chi connectivity index (χ4n) is 0.943. The number of rotatable bonds is 4. The van der Waals surface area contributed by atoms with Crippen LogP contribution in [-0.4, -0.2) is 32.4 Å². The highest BCUT2D eigenvalue weighted by molar-refractivity contribution is 5.83. The molecule has 0 unspecified atom stereocenters. The summed E-state index contributed by atoms with van der Waals surface area (Å²) in [5.41, 5.74) is -0.939. The standard InChI is InChI=1S/C9H11NO5/c1-13-8(12)15-5-4-14-7(11)9(6-10)2-3-9/h2-5H2,1H3. The molecule has 15 heavy (non-hydrogen) atoms. The highest BCUT2D eigenvalue weighted by Gasteiger charge is 2.52. The van der Waals surface area contributed by atoms with Crippen LogP contribution in [-0.2, 0) is 19.0 Å². The van der Waals surface area contributed by atoms with Crippen LogP contribution in [0.4, 0.5) is 4.79 Å². The minimum absolute atomic E-state index is 0.0582. The Morgan fingerprint density at radius 2 is 1.93 bits per heavy atom. The summed E-state index contributed by atoms with van der Waals surface area (Å²) < 4.78 is 13.5. The van der Waals surface area contributed by atoms with Gasteiger partial charge in [0.05, 0.1) is 13.2 Å². The van der Waals surface area contributed by atoms with Gasteiger partial charge >= 0.3 is 12.1 Å². The zero-order valence-electron chi connectivity index (χ0n) is 8.32. The van der Waals surface area contributed by atoms with E-state index in [0.717, 1.165) is 0 Å². The van der Waals surface area contributed by atoms with Crippen molar-refractivity contribution in [3.63, 3.8) is 0 Å². The number of esters is 1. The number of carbonyl (C=O) groups is 2. The van der Waals surface area contributed by atoms with E-state index in [-0.39, 0.29) is 13.2 Å². The molecule has 82 valence electrons. The first-order chi connectivity index (χ1) is 7.14. The summed E-state index contributed by atoms with van der Waals surface area (Å²) in [4.78, 5) is 21.7. The molecule has 0 amide bonds. The fourth-order valence-corrected chi connectivity index (χ4v) is 0.943. The number of hydrogen-bond acceptors (Lipinski definition) is 6. The summed E-state index contributed by atoms with van der Waals surface area (Å²) in [5.74, 6) is -0.543. The van der Waals surface area contributed by atoms with Gasteiger partial charge < -0.3 is 14.2 Å². The lowest BCUT2D eigenvalue weighted by molar-refractivity contribution is -0.149. The third-order valence-electron chi connectivity index (χ3n) is 2.06. The number of ether oxygens (including phenoxy) is 3. The second-order valence-electron chi connectivity index (χ2n) is 3.13. The number of nitriles is 1. The van der Waals surface area contributed by atoms with Gasteiger partial charge in [-0.3, -0.25) is 4.79 Å². The van der Waals surface area contributed by atoms with Crippen molar-refractivity contribution < 1.29 is 23.8 Å². The van der Waals surface area contributed by atoms with Gasteiger partial charge in [0.15, 0.2) is 5.41 Å². The minimum Gasteiger partial charge on any atom is -0.461 e. The Morgan fingerprint density at radius 1 is 1.33 bits per heavy atom. The van der Waals surface area contributed by atoms with Crippen LogP contribution in [0.1, 0.15) is 12.8 Å². The van der Waals surface area contributed by atoms with Crippen molar-refractivity contribution in [2.45, 2.75) is 12.8 Å². The predicted octanol–water partition coefficient (Wildman–Crippen LogP) is 0.616.